The van der Waals surface area contributed by atoms with Crippen molar-refractivity contribution in [3.63, 3.8) is 0 Å². The second-order valence-corrected chi connectivity index (χ2v) is 8.18. The maximum atomic E-state index is 13.9. The van der Waals surface area contributed by atoms with E-state index < -0.39 is 5.92 Å². The molecule has 0 radical (unpaired) electrons. The molecule has 4 rings (SSSR count). The standard InChI is InChI=1S/C27H28O5/c1-15-7-16(2)9-17(8-15)25-24(18-10-19(29-3)12-20(11-18)30-4)26-22(27(25)28)13-21(31-5)14-23(26)32-6/h7-14,24-25H,1-6H3/t24-,25-/m1/s1. The Morgan fingerprint density at radius 2 is 1.12 bits per heavy atom. The fraction of sp³-hybridized carbons (Fsp3) is 0.296. The van der Waals surface area contributed by atoms with Crippen LogP contribution in [0.3, 0.4) is 0 Å². The molecule has 0 saturated carbocycles. The van der Waals surface area contributed by atoms with Crippen LogP contribution in [0, 0.1) is 13.8 Å². The Morgan fingerprint density at radius 3 is 1.66 bits per heavy atom. The van der Waals surface area contributed by atoms with Gasteiger partial charge in [0.05, 0.1) is 34.4 Å². The molecule has 3 aromatic rings. The van der Waals surface area contributed by atoms with Crippen LogP contribution in [0.15, 0.2) is 48.5 Å². The lowest BCUT2D eigenvalue weighted by Gasteiger charge is -2.23. The summed E-state index contributed by atoms with van der Waals surface area (Å²) in [5, 5.41) is 0. The summed E-state index contributed by atoms with van der Waals surface area (Å²) in [5.41, 5.74) is 5.64. The summed E-state index contributed by atoms with van der Waals surface area (Å²) < 4.78 is 22.3. The SMILES string of the molecule is COc1cc(OC)cc([C@H]2c3c(OC)cc(OC)cc3C(=O)[C@@H]2c2cc(C)cc(C)c2)c1. The number of aryl methyl sites for hydroxylation is 2. The van der Waals surface area contributed by atoms with E-state index in [1.165, 1.54) is 0 Å². The lowest BCUT2D eigenvalue weighted by molar-refractivity contribution is 0.0968. The van der Waals surface area contributed by atoms with E-state index in [1.54, 1.807) is 28.4 Å². The Kier molecular flexibility index (Phi) is 5.83. The minimum atomic E-state index is -0.401. The van der Waals surface area contributed by atoms with Crippen LogP contribution in [-0.4, -0.2) is 34.2 Å². The van der Waals surface area contributed by atoms with Gasteiger partial charge < -0.3 is 18.9 Å². The number of Topliss-reactive ketones (excluding diaryl/α,β-unsaturated/α-hetero) is 1. The molecule has 0 aliphatic heterocycles. The lowest BCUT2D eigenvalue weighted by atomic mass is 9.80. The van der Waals surface area contributed by atoms with Crippen LogP contribution in [-0.2, 0) is 0 Å². The number of hydrogen-bond acceptors (Lipinski definition) is 5. The maximum Gasteiger partial charge on any atom is 0.171 e. The van der Waals surface area contributed by atoms with Crippen LogP contribution < -0.4 is 18.9 Å². The fourth-order valence-corrected chi connectivity index (χ4v) is 4.80. The van der Waals surface area contributed by atoms with Crippen molar-refractivity contribution in [1.29, 1.82) is 0 Å². The first-order valence-corrected chi connectivity index (χ1v) is 10.5. The molecule has 0 amide bonds. The zero-order valence-corrected chi connectivity index (χ0v) is 19.3. The van der Waals surface area contributed by atoms with Gasteiger partial charge >= 0.3 is 0 Å². The van der Waals surface area contributed by atoms with Gasteiger partial charge in [0.25, 0.3) is 0 Å². The minimum Gasteiger partial charge on any atom is -0.497 e. The van der Waals surface area contributed by atoms with Gasteiger partial charge in [0, 0.05) is 29.2 Å². The van der Waals surface area contributed by atoms with Gasteiger partial charge in [-0.3, -0.25) is 4.79 Å². The van der Waals surface area contributed by atoms with Crippen molar-refractivity contribution in [2.45, 2.75) is 25.7 Å². The third-order valence-electron chi connectivity index (χ3n) is 6.10. The molecule has 5 nitrogen and oxygen atoms in total. The molecule has 32 heavy (non-hydrogen) atoms. The van der Waals surface area contributed by atoms with Crippen molar-refractivity contribution < 1.29 is 23.7 Å². The zero-order chi connectivity index (χ0) is 23.0. The number of benzene rings is 3. The number of ether oxygens (including phenoxy) is 4. The van der Waals surface area contributed by atoms with Gasteiger partial charge in [-0.1, -0.05) is 29.3 Å². The maximum absolute atomic E-state index is 13.9. The second kappa shape index (κ2) is 8.58. The average Bonchev–Trinajstić information content (AvgIpc) is 3.09. The van der Waals surface area contributed by atoms with Crippen molar-refractivity contribution in [2.75, 3.05) is 28.4 Å². The van der Waals surface area contributed by atoms with Crippen LogP contribution in [0.5, 0.6) is 23.0 Å². The van der Waals surface area contributed by atoms with Gasteiger partial charge in [0.15, 0.2) is 5.78 Å². The average molecular weight is 433 g/mol. The molecule has 0 fully saturated rings. The first-order valence-electron chi connectivity index (χ1n) is 10.5. The first-order chi connectivity index (χ1) is 15.4. The molecule has 0 heterocycles. The Hall–Kier alpha value is -3.47. The molecule has 1 aliphatic rings. The topological polar surface area (TPSA) is 54.0 Å². The van der Waals surface area contributed by atoms with Gasteiger partial charge in [0.2, 0.25) is 0 Å². The number of ketones is 1. The van der Waals surface area contributed by atoms with Crippen LogP contribution >= 0.6 is 0 Å². The van der Waals surface area contributed by atoms with Crippen LogP contribution in [0.2, 0.25) is 0 Å². The lowest BCUT2D eigenvalue weighted by Crippen LogP contribution is -2.14. The smallest absolute Gasteiger partial charge is 0.171 e. The van der Waals surface area contributed by atoms with Crippen molar-refractivity contribution in [3.05, 3.63) is 81.9 Å². The highest BCUT2D eigenvalue weighted by molar-refractivity contribution is 6.08. The summed E-state index contributed by atoms with van der Waals surface area (Å²) in [7, 11) is 6.46. The molecule has 5 heteroatoms. The van der Waals surface area contributed by atoms with E-state index in [0.717, 1.165) is 27.8 Å². The molecular weight excluding hydrogens is 404 g/mol. The minimum absolute atomic E-state index is 0.0500. The Labute approximate surface area is 188 Å². The number of carbonyl (C=O) groups is 1. The van der Waals surface area contributed by atoms with Crippen LogP contribution in [0.1, 0.15) is 50.0 Å². The fourth-order valence-electron chi connectivity index (χ4n) is 4.80. The van der Waals surface area contributed by atoms with E-state index >= 15 is 0 Å². The number of methoxy groups -OCH3 is 4. The predicted molar refractivity (Wildman–Crippen MR) is 124 cm³/mol. The quantitative estimate of drug-likeness (QED) is 0.518. The summed E-state index contributed by atoms with van der Waals surface area (Å²) >= 11 is 0. The molecule has 0 saturated heterocycles. The Balaban J connectivity index is 2.02. The van der Waals surface area contributed by atoms with E-state index in [4.69, 9.17) is 18.9 Å². The van der Waals surface area contributed by atoms with Gasteiger partial charge in [-0.05, 0) is 43.2 Å². The molecule has 3 aromatic carbocycles. The predicted octanol–water partition coefficient (Wildman–Crippen LogP) is 5.45. The number of carbonyl (C=O) groups excluding carboxylic acids is 1. The third kappa shape index (κ3) is 3.68. The van der Waals surface area contributed by atoms with Gasteiger partial charge in [-0.25, -0.2) is 0 Å². The highest BCUT2D eigenvalue weighted by Crippen LogP contribution is 2.53. The highest BCUT2D eigenvalue weighted by Gasteiger charge is 2.44. The molecule has 0 aromatic heterocycles. The summed E-state index contributed by atoms with van der Waals surface area (Å²) in [6, 6.07) is 15.7. The van der Waals surface area contributed by atoms with E-state index in [1.807, 2.05) is 30.3 Å². The highest BCUT2D eigenvalue weighted by atomic mass is 16.5. The number of rotatable bonds is 6. The van der Waals surface area contributed by atoms with E-state index in [9.17, 15) is 4.79 Å². The largest absolute Gasteiger partial charge is 0.497 e. The first kappa shape index (κ1) is 21.8. The monoisotopic (exact) mass is 432 g/mol. The summed E-state index contributed by atoms with van der Waals surface area (Å²) in [6.07, 6.45) is 0. The Bertz CT molecular complexity index is 1140. The number of fused-ring (bicyclic) bond motifs is 1. The molecular formula is C27H28O5. The van der Waals surface area contributed by atoms with Crippen LogP contribution in [0.4, 0.5) is 0 Å². The normalized spacial score (nSPS) is 17.1. The van der Waals surface area contributed by atoms with Gasteiger partial charge in [0.1, 0.15) is 23.0 Å². The van der Waals surface area contributed by atoms with Crippen molar-refractivity contribution in [2.24, 2.45) is 0 Å². The van der Waals surface area contributed by atoms with Crippen molar-refractivity contribution >= 4 is 5.78 Å². The molecule has 1 aliphatic carbocycles. The van der Waals surface area contributed by atoms with E-state index in [0.29, 0.717) is 28.6 Å². The van der Waals surface area contributed by atoms with Crippen molar-refractivity contribution in [1.82, 2.24) is 0 Å². The third-order valence-corrected chi connectivity index (χ3v) is 6.10. The molecule has 0 unspecified atom stereocenters. The van der Waals surface area contributed by atoms with Crippen LogP contribution in [0.25, 0.3) is 0 Å². The van der Waals surface area contributed by atoms with Crippen molar-refractivity contribution in [3.8, 4) is 23.0 Å². The molecule has 166 valence electrons. The number of hydrogen-bond donors (Lipinski definition) is 0. The Morgan fingerprint density at radius 1 is 0.594 bits per heavy atom. The van der Waals surface area contributed by atoms with E-state index in [2.05, 4.69) is 32.0 Å². The molecule has 0 spiro atoms. The molecule has 0 bridgehead atoms. The van der Waals surface area contributed by atoms with Gasteiger partial charge in [-0.2, -0.15) is 0 Å². The summed E-state index contributed by atoms with van der Waals surface area (Å²) in [6.45, 7) is 4.10. The molecule has 0 N–H and O–H groups in total. The summed E-state index contributed by atoms with van der Waals surface area (Å²) in [5.74, 6) is 1.96. The zero-order valence-electron chi connectivity index (χ0n) is 19.3. The second-order valence-electron chi connectivity index (χ2n) is 8.18. The van der Waals surface area contributed by atoms with E-state index in [-0.39, 0.29) is 11.7 Å². The summed E-state index contributed by atoms with van der Waals surface area (Å²) in [4.78, 5) is 13.9. The molecule has 2 atom stereocenters. The van der Waals surface area contributed by atoms with Gasteiger partial charge in [-0.15, -0.1) is 0 Å².